The zero-order valence-corrected chi connectivity index (χ0v) is 13.2. The van der Waals surface area contributed by atoms with Gasteiger partial charge in [-0.15, -0.1) is 0 Å². The summed E-state index contributed by atoms with van der Waals surface area (Å²) in [5, 5.41) is 8.99. The molecule has 0 aliphatic carbocycles. The predicted octanol–water partition coefficient (Wildman–Crippen LogP) is 3.50. The normalized spacial score (nSPS) is 13.3. The molecule has 0 bridgehead atoms. The van der Waals surface area contributed by atoms with Crippen LogP contribution >= 0.6 is 0 Å². The van der Waals surface area contributed by atoms with E-state index in [-0.39, 0.29) is 6.42 Å². The molecule has 0 heterocycles. The van der Waals surface area contributed by atoms with E-state index in [0.29, 0.717) is 6.42 Å². The van der Waals surface area contributed by atoms with E-state index in [2.05, 4.69) is 6.92 Å². The third-order valence-electron chi connectivity index (χ3n) is 3.48. The number of hydrogen-bond acceptors (Lipinski definition) is 3. The average Bonchev–Trinajstić information content (AvgIpc) is 2.34. The smallest absolute Gasteiger partial charge is 0.306 e. The first kappa shape index (κ1) is 19.4. The third kappa shape index (κ3) is 12.4. The molecular weight excluding hydrogens is 280 g/mol. The van der Waals surface area contributed by atoms with Crippen molar-refractivity contribution in [3.05, 3.63) is 0 Å². The van der Waals surface area contributed by atoms with Crippen molar-refractivity contribution >= 4 is 16.1 Å². The van der Waals surface area contributed by atoms with Gasteiger partial charge in [0.2, 0.25) is 0 Å². The van der Waals surface area contributed by atoms with Crippen molar-refractivity contribution in [1.82, 2.24) is 0 Å². The van der Waals surface area contributed by atoms with E-state index in [1.807, 2.05) is 0 Å². The third-order valence-corrected chi connectivity index (χ3v) is 4.23. The highest BCUT2D eigenvalue weighted by Gasteiger charge is 2.19. The number of carboxylic acid groups (broad SMARTS) is 1. The first-order chi connectivity index (χ1) is 9.37. The Balaban J connectivity index is 3.69. The van der Waals surface area contributed by atoms with E-state index < -0.39 is 27.8 Å². The summed E-state index contributed by atoms with van der Waals surface area (Å²) in [5.74, 6) is -2.12. The van der Waals surface area contributed by atoms with E-state index in [1.165, 1.54) is 32.1 Å². The molecule has 2 N–H and O–H groups in total. The van der Waals surface area contributed by atoms with Gasteiger partial charge in [-0.2, -0.15) is 8.42 Å². The monoisotopic (exact) mass is 308 g/mol. The Hall–Kier alpha value is -0.620. The number of unbranched alkanes of at least 4 members (excludes halogenated alkanes) is 7. The van der Waals surface area contributed by atoms with Crippen molar-refractivity contribution in [2.24, 2.45) is 5.92 Å². The molecule has 20 heavy (non-hydrogen) atoms. The second-order valence-corrected chi connectivity index (χ2v) is 6.95. The van der Waals surface area contributed by atoms with Crippen LogP contribution in [0, 0.1) is 5.92 Å². The molecule has 1 unspecified atom stereocenters. The molecule has 120 valence electrons. The molecule has 0 aliphatic rings. The van der Waals surface area contributed by atoms with Crippen molar-refractivity contribution in [1.29, 1.82) is 0 Å². The molecule has 0 aromatic rings. The molecule has 0 radical (unpaired) electrons. The molecule has 6 heteroatoms. The highest BCUT2D eigenvalue weighted by Crippen LogP contribution is 2.16. The van der Waals surface area contributed by atoms with Gasteiger partial charge in [0, 0.05) is 0 Å². The zero-order valence-electron chi connectivity index (χ0n) is 12.4. The summed E-state index contributed by atoms with van der Waals surface area (Å²) in [5.41, 5.74) is 0. The van der Waals surface area contributed by atoms with E-state index in [0.717, 1.165) is 19.3 Å². The van der Waals surface area contributed by atoms with Crippen LogP contribution in [-0.4, -0.2) is 29.8 Å². The topological polar surface area (TPSA) is 91.7 Å². The van der Waals surface area contributed by atoms with Crippen LogP contribution in [0.5, 0.6) is 0 Å². The Morgan fingerprint density at radius 2 is 1.45 bits per heavy atom. The fraction of sp³-hybridized carbons (Fsp3) is 0.929. The summed E-state index contributed by atoms with van der Waals surface area (Å²) < 4.78 is 29.9. The van der Waals surface area contributed by atoms with Crippen LogP contribution in [-0.2, 0) is 14.9 Å². The Kier molecular flexibility index (Phi) is 10.7. The fourth-order valence-electron chi connectivity index (χ4n) is 2.21. The van der Waals surface area contributed by atoms with Crippen molar-refractivity contribution in [3.63, 3.8) is 0 Å². The Bertz CT molecular complexity index is 351. The van der Waals surface area contributed by atoms with Crippen LogP contribution in [0.25, 0.3) is 0 Å². The maximum absolute atomic E-state index is 11.0. The maximum atomic E-state index is 11.0. The summed E-state index contributed by atoms with van der Waals surface area (Å²) in [6.07, 6.45) is 9.56. The average molecular weight is 308 g/mol. The van der Waals surface area contributed by atoms with Crippen LogP contribution in [0.15, 0.2) is 0 Å². The van der Waals surface area contributed by atoms with Crippen LogP contribution in [0.3, 0.4) is 0 Å². The van der Waals surface area contributed by atoms with Gasteiger partial charge in [0.25, 0.3) is 10.1 Å². The zero-order chi connectivity index (χ0) is 15.4. The van der Waals surface area contributed by atoms with E-state index >= 15 is 0 Å². The highest BCUT2D eigenvalue weighted by molar-refractivity contribution is 7.85. The molecule has 0 fully saturated rings. The molecule has 0 aromatic heterocycles. The summed E-state index contributed by atoms with van der Waals surface area (Å²) >= 11 is 0. The minimum Gasteiger partial charge on any atom is -0.481 e. The number of carbonyl (C=O) groups is 1. The van der Waals surface area contributed by atoms with Crippen LogP contribution in [0.1, 0.15) is 71.1 Å². The van der Waals surface area contributed by atoms with Crippen LogP contribution in [0.4, 0.5) is 0 Å². The minimum atomic E-state index is -4.06. The second-order valence-electron chi connectivity index (χ2n) is 5.37. The molecule has 1 atom stereocenters. The number of hydrogen-bond donors (Lipinski definition) is 2. The van der Waals surface area contributed by atoms with Gasteiger partial charge >= 0.3 is 5.97 Å². The Labute approximate surface area is 122 Å². The van der Waals surface area contributed by atoms with Gasteiger partial charge in [0.15, 0.2) is 0 Å². The minimum absolute atomic E-state index is 0.00926. The first-order valence-electron chi connectivity index (χ1n) is 7.54. The predicted molar refractivity (Wildman–Crippen MR) is 79.4 cm³/mol. The summed E-state index contributed by atoms with van der Waals surface area (Å²) in [6.45, 7) is 2.18. The van der Waals surface area contributed by atoms with Gasteiger partial charge in [-0.25, -0.2) is 0 Å². The standard InChI is InChI=1S/C14H28O5S/c1-2-3-4-5-6-7-8-9-10-13(14(15)16)11-12-20(17,18)19/h13H,2-12H2,1H3,(H,15,16)(H,17,18,19). The lowest BCUT2D eigenvalue weighted by Gasteiger charge is -2.11. The Morgan fingerprint density at radius 3 is 1.90 bits per heavy atom. The molecule has 0 spiro atoms. The summed E-state index contributed by atoms with van der Waals surface area (Å²) in [4.78, 5) is 11.0. The molecule has 0 amide bonds. The molecule has 0 saturated carbocycles. The van der Waals surface area contributed by atoms with Crippen LogP contribution in [0.2, 0.25) is 0 Å². The first-order valence-corrected chi connectivity index (χ1v) is 9.15. The summed E-state index contributed by atoms with van der Waals surface area (Å²) in [6, 6.07) is 0. The van der Waals surface area contributed by atoms with E-state index in [9.17, 15) is 13.2 Å². The lowest BCUT2D eigenvalue weighted by atomic mass is 9.98. The molecule has 0 aromatic carbocycles. The van der Waals surface area contributed by atoms with Crippen molar-refractivity contribution in [2.75, 3.05) is 5.75 Å². The maximum Gasteiger partial charge on any atom is 0.306 e. The van der Waals surface area contributed by atoms with Crippen molar-refractivity contribution in [2.45, 2.75) is 71.1 Å². The molecular formula is C14H28O5S. The molecule has 0 aliphatic heterocycles. The van der Waals surface area contributed by atoms with Crippen molar-refractivity contribution < 1.29 is 22.9 Å². The highest BCUT2D eigenvalue weighted by atomic mass is 32.2. The van der Waals surface area contributed by atoms with Gasteiger partial charge < -0.3 is 5.11 Å². The number of aliphatic carboxylic acids is 1. The largest absolute Gasteiger partial charge is 0.481 e. The second kappa shape index (κ2) is 11.1. The summed E-state index contributed by atoms with van der Waals surface area (Å²) in [7, 11) is -4.06. The fourth-order valence-corrected chi connectivity index (χ4v) is 2.79. The molecule has 5 nitrogen and oxygen atoms in total. The number of carboxylic acids is 1. The van der Waals surface area contributed by atoms with Gasteiger partial charge in [-0.1, -0.05) is 58.3 Å². The quantitative estimate of drug-likeness (QED) is 0.401. The number of rotatable bonds is 13. The van der Waals surface area contributed by atoms with Gasteiger partial charge in [-0.05, 0) is 12.8 Å². The van der Waals surface area contributed by atoms with E-state index in [4.69, 9.17) is 9.66 Å². The van der Waals surface area contributed by atoms with E-state index in [1.54, 1.807) is 0 Å². The lowest BCUT2D eigenvalue weighted by molar-refractivity contribution is -0.142. The van der Waals surface area contributed by atoms with Gasteiger partial charge in [-0.3, -0.25) is 9.35 Å². The lowest BCUT2D eigenvalue weighted by Crippen LogP contribution is -2.18. The van der Waals surface area contributed by atoms with Gasteiger partial charge in [0.05, 0.1) is 11.7 Å². The molecule has 0 saturated heterocycles. The Morgan fingerprint density at radius 1 is 0.950 bits per heavy atom. The van der Waals surface area contributed by atoms with Crippen molar-refractivity contribution in [3.8, 4) is 0 Å². The SMILES string of the molecule is CCCCCCCCCCC(CCS(=O)(=O)O)C(=O)O. The van der Waals surface area contributed by atoms with Crippen LogP contribution < -0.4 is 0 Å². The molecule has 0 rings (SSSR count). The van der Waals surface area contributed by atoms with Gasteiger partial charge in [0.1, 0.15) is 0 Å².